The van der Waals surface area contributed by atoms with E-state index in [1.54, 1.807) is 0 Å². The summed E-state index contributed by atoms with van der Waals surface area (Å²) in [4.78, 5) is 16.7. The maximum Gasteiger partial charge on any atom is 0.227 e. The second kappa shape index (κ2) is 8.57. The van der Waals surface area contributed by atoms with Gasteiger partial charge in [0.2, 0.25) is 5.95 Å². The SMILES string of the molecule is Cc1cc(N2CCN(CCOc3ccccc3)CC2)nc(N2CCCC2)n1. The molecule has 144 valence electrons. The summed E-state index contributed by atoms with van der Waals surface area (Å²) >= 11 is 0. The molecule has 0 N–H and O–H groups in total. The Morgan fingerprint density at radius 2 is 1.63 bits per heavy atom. The molecule has 2 saturated heterocycles. The van der Waals surface area contributed by atoms with E-state index in [9.17, 15) is 0 Å². The van der Waals surface area contributed by atoms with Gasteiger partial charge in [0, 0.05) is 57.6 Å². The molecule has 0 spiro atoms. The van der Waals surface area contributed by atoms with Crippen molar-refractivity contribution >= 4 is 11.8 Å². The Morgan fingerprint density at radius 3 is 2.37 bits per heavy atom. The first-order valence-electron chi connectivity index (χ1n) is 10.0. The van der Waals surface area contributed by atoms with Gasteiger partial charge in [-0.1, -0.05) is 18.2 Å². The minimum Gasteiger partial charge on any atom is -0.492 e. The Kier molecular flexibility index (Phi) is 5.72. The van der Waals surface area contributed by atoms with Crippen molar-refractivity contribution in [2.45, 2.75) is 19.8 Å². The van der Waals surface area contributed by atoms with Crippen molar-refractivity contribution in [1.82, 2.24) is 14.9 Å². The Balaban J connectivity index is 1.28. The first-order chi connectivity index (χ1) is 13.3. The lowest BCUT2D eigenvalue weighted by Gasteiger charge is -2.35. The van der Waals surface area contributed by atoms with E-state index in [-0.39, 0.29) is 0 Å². The molecule has 4 rings (SSSR count). The van der Waals surface area contributed by atoms with Gasteiger partial charge < -0.3 is 14.5 Å². The molecule has 2 aliphatic rings. The van der Waals surface area contributed by atoms with Crippen LogP contribution in [0.1, 0.15) is 18.5 Å². The van der Waals surface area contributed by atoms with Gasteiger partial charge in [-0.05, 0) is 31.9 Å². The normalized spacial score (nSPS) is 18.1. The fraction of sp³-hybridized carbons (Fsp3) is 0.524. The van der Waals surface area contributed by atoms with Crippen LogP contribution in [0, 0.1) is 6.92 Å². The van der Waals surface area contributed by atoms with Gasteiger partial charge in [-0.25, -0.2) is 4.98 Å². The molecule has 27 heavy (non-hydrogen) atoms. The minimum atomic E-state index is 0.732. The van der Waals surface area contributed by atoms with E-state index in [1.165, 1.54) is 12.8 Å². The van der Waals surface area contributed by atoms with Crippen LogP contribution in [0.2, 0.25) is 0 Å². The monoisotopic (exact) mass is 367 g/mol. The summed E-state index contributed by atoms with van der Waals surface area (Å²) < 4.78 is 5.83. The van der Waals surface area contributed by atoms with Gasteiger partial charge in [-0.15, -0.1) is 0 Å². The summed E-state index contributed by atoms with van der Waals surface area (Å²) in [5.74, 6) is 2.92. The van der Waals surface area contributed by atoms with Crippen molar-refractivity contribution in [1.29, 1.82) is 0 Å². The summed E-state index contributed by atoms with van der Waals surface area (Å²) in [5, 5.41) is 0. The fourth-order valence-corrected chi connectivity index (χ4v) is 3.77. The maximum absolute atomic E-state index is 5.83. The van der Waals surface area contributed by atoms with Gasteiger partial charge in [0.05, 0.1) is 0 Å². The van der Waals surface area contributed by atoms with E-state index in [1.807, 2.05) is 30.3 Å². The zero-order valence-corrected chi connectivity index (χ0v) is 16.2. The smallest absolute Gasteiger partial charge is 0.227 e. The van der Waals surface area contributed by atoms with E-state index >= 15 is 0 Å². The summed E-state index contributed by atoms with van der Waals surface area (Å²) in [5.41, 5.74) is 1.06. The van der Waals surface area contributed by atoms with Gasteiger partial charge in [0.15, 0.2) is 0 Å². The minimum absolute atomic E-state index is 0.732. The average molecular weight is 367 g/mol. The Morgan fingerprint density at radius 1 is 0.889 bits per heavy atom. The lowest BCUT2D eigenvalue weighted by Crippen LogP contribution is -2.47. The molecule has 3 heterocycles. The molecular formula is C21H29N5O. The van der Waals surface area contributed by atoms with Crippen LogP contribution >= 0.6 is 0 Å². The number of rotatable bonds is 6. The van der Waals surface area contributed by atoms with Crippen molar-refractivity contribution in [3.05, 3.63) is 42.1 Å². The van der Waals surface area contributed by atoms with Crippen LogP contribution in [0.3, 0.4) is 0 Å². The molecule has 0 radical (unpaired) electrons. The quantitative estimate of drug-likeness (QED) is 0.782. The van der Waals surface area contributed by atoms with Gasteiger partial charge in [-0.2, -0.15) is 4.98 Å². The molecule has 1 aromatic carbocycles. The first kappa shape index (κ1) is 18.0. The number of benzene rings is 1. The highest BCUT2D eigenvalue weighted by Gasteiger charge is 2.21. The van der Waals surface area contributed by atoms with Crippen LogP contribution < -0.4 is 14.5 Å². The summed E-state index contributed by atoms with van der Waals surface area (Å²) in [7, 11) is 0. The van der Waals surface area contributed by atoms with E-state index in [0.29, 0.717) is 0 Å². The zero-order valence-electron chi connectivity index (χ0n) is 16.2. The Hall–Kier alpha value is -2.34. The van der Waals surface area contributed by atoms with E-state index in [0.717, 1.165) is 75.6 Å². The molecule has 0 bridgehead atoms. The predicted molar refractivity (Wildman–Crippen MR) is 109 cm³/mol. The standard InChI is InChI=1S/C21H29N5O/c1-18-17-20(23-21(22-18)26-9-5-6-10-26)25-13-11-24(12-14-25)15-16-27-19-7-3-2-4-8-19/h2-4,7-8,17H,5-6,9-16H2,1H3. The molecule has 0 saturated carbocycles. The Bertz CT molecular complexity index is 725. The highest BCUT2D eigenvalue weighted by Crippen LogP contribution is 2.21. The third-order valence-electron chi connectivity index (χ3n) is 5.33. The lowest BCUT2D eigenvalue weighted by molar-refractivity contribution is 0.200. The second-order valence-electron chi connectivity index (χ2n) is 7.35. The van der Waals surface area contributed by atoms with Crippen molar-refractivity contribution < 1.29 is 4.74 Å². The van der Waals surface area contributed by atoms with Crippen LogP contribution in [0.4, 0.5) is 11.8 Å². The molecule has 0 atom stereocenters. The zero-order chi connectivity index (χ0) is 18.5. The van der Waals surface area contributed by atoms with Gasteiger partial charge in [0.1, 0.15) is 18.2 Å². The fourth-order valence-electron chi connectivity index (χ4n) is 3.77. The van der Waals surface area contributed by atoms with Gasteiger partial charge >= 0.3 is 0 Å². The van der Waals surface area contributed by atoms with Crippen molar-refractivity contribution in [2.75, 3.05) is 62.2 Å². The molecule has 0 aliphatic carbocycles. The van der Waals surface area contributed by atoms with Crippen LogP contribution in [-0.2, 0) is 0 Å². The number of para-hydroxylation sites is 1. The third kappa shape index (κ3) is 4.69. The summed E-state index contributed by atoms with van der Waals surface area (Å²) in [6.45, 7) is 10.0. The molecule has 0 unspecified atom stereocenters. The molecule has 2 fully saturated rings. The largest absolute Gasteiger partial charge is 0.492 e. The van der Waals surface area contributed by atoms with Crippen molar-refractivity contribution in [2.24, 2.45) is 0 Å². The van der Waals surface area contributed by atoms with Crippen molar-refractivity contribution in [3.63, 3.8) is 0 Å². The lowest BCUT2D eigenvalue weighted by atomic mass is 10.3. The highest BCUT2D eigenvalue weighted by atomic mass is 16.5. The van der Waals surface area contributed by atoms with Crippen molar-refractivity contribution in [3.8, 4) is 5.75 Å². The molecule has 2 aromatic rings. The molecule has 0 amide bonds. The van der Waals surface area contributed by atoms with E-state index < -0.39 is 0 Å². The number of hydrogen-bond donors (Lipinski definition) is 0. The van der Waals surface area contributed by atoms with Gasteiger partial charge in [-0.3, -0.25) is 4.90 Å². The van der Waals surface area contributed by atoms with Crippen LogP contribution in [-0.4, -0.2) is 67.3 Å². The maximum atomic E-state index is 5.83. The van der Waals surface area contributed by atoms with Crippen LogP contribution in [0.5, 0.6) is 5.75 Å². The highest BCUT2D eigenvalue weighted by molar-refractivity contribution is 5.46. The number of piperazine rings is 1. The number of hydrogen-bond acceptors (Lipinski definition) is 6. The summed E-state index contributed by atoms with van der Waals surface area (Å²) in [6, 6.07) is 12.2. The van der Waals surface area contributed by atoms with Crippen LogP contribution in [0.15, 0.2) is 36.4 Å². The third-order valence-corrected chi connectivity index (χ3v) is 5.33. The number of ether oxygens (including phenoxy) is 1. The number of anilines is 2. The van der Waals surface area contributed by atoms with Crippen LogP contribution in [0.25, 0.3) is 0 Å². The molecule has 2 aliphatic heterocycles. The Labute approximate surface area is 161 Å². The second-order valence-corrected chi connectivity index (χ2v) is 7.35. The topological polar surface area (TPSA) is 44.7 Å². The number of aryl methyl sites for hydroxylation is 1. The number of nitrogens with zero attached hydrogens (tertiary/aromatic N) is 5. The number of aromatic nitrogens is 2. The molecular weight excluding hydrogens is 338 g/mol. The van der Waals surface area contributed by atoms with E-state index in [2.05, 4.69) is 32.7 Å². The first-order valence-corrected chi connectivity index (χ1v) is 10.0. The molecule has 6 heteroatoms. The predicted octanol–water partition coefficient (Wildman–Crippen LogP) is 2.59. The molecule has 6 nitrogen and oxygen atoms in total. The molecule has 1 aromatic heterocycles. The average Bonchev–Trinajstić information content (AvgIpc) is 3.24. The van der Waals surface area contributed by atoms with Gasteiger partial charge in [0.25, 0.3) is 0 Å². The van der Waals surface area contributed by atoms with E-state index in [4.69, 9.17) is 9.72 Å². The summed E-state index contributed by atoms with van der Waals surface area (Å²) in [6.07, 6.45) is 2.49.